The normalized spacial score (nSPS) is 11.2. The number of carbonyl (C=O) groups is 1. The van der Waals surface area contributed by atoms with E-state index in [9.17, 15) is 9.90 Å². The van der Waals surface area contributed by atoms with Gasteiger partial charge >= 0.3 is 0 Å². The third-order valence-corrected chi connectivity index (χ3v) is 4.91. The Morgan fingerprint density at radius 3 is 2.21 bits per heavy atom. The van der Waals surface area contributed by atoms with E-state index in [0.717, 1.165) is 23.0 Å². The molecular weight excluding hydrogens is 386 g/mol. The summed E-state index contributed by atoms with van der Waals surface area (Å²) in [6.45, 7) is 6.02. The van der Waals surface area contributed by atoms with E-state index < -0.39 is 0 Å². The lowest BCUT2D eigenvalue weighted by atomic mass is 9.82. The van der Waals surface area contributed by atoms with Crippen LogP contribution in [0.4, 0.5) is 23.0 Å². The van der Waals surface area contributed by atoms with Gasteiger partial charge in [0.25, 0.3) is 5.91 Å². The number of hydrogen-bond donors (Lipinski definition) is 3. The lowest BCUT2D eigenvalue weighted by Gasteiger charge is -2.25. The van der Waals surface area contributed by atoms with Gasteiger partial charge in [-0.1, -0.05) is 45.0 Å². The molecule has 0 spiro atoms. The van der Waals surface area contributed by atoms with Crippen LogP contribution in [0.15, 0.2) is 42.5 Å². The molecule has 0 aliphatic heterocycles. The van der Waals surface area contributed by atoms with Crippen molar-refractivity contribution in [1.82, 2.24) is 13.6 Å². The van der Waals surface area contributed by atoms with E-state index in [2.05, 4.69) is 19.4 Å². The van der Waals surface area contributed by atoms with E-state index in [1.165, 1.54) is 4.90 Å². The van der Waals surface area contributed by atoms with Crippen molar-refractivity contribution in [1.29, 1.82) is 0 Å². The molecule has 152 valence electrons. The van der Waals surface area contributed by atoms with Gasteiger partial charge < -0.3 is 20.6 Å². The Balaban J connectivity index is 1.98. The number of phenolic OH excluding ortho intramolecular Hbond substituents is 1. The highest BCUT2D eigenvalue weighted by Gasteiger charge is 2.28. The number of nitrogens with zero attached hydrogens (tertiary/aromatic N) is 3. The van der Waals surface area contributed by atoms with Crippen molar-refractivity contribution in [2.45, 2.75) is 26.2 Å². The summed E-state index contributed by atoms with van der Waals surface area (Å²) in [5.41, 5.74) is 2.02. The minimum atomic E-state index is -0.306. The van der Waals surface area contributed by atoms with Gasteiger partial charge in [-0.3, -0.25) is 4.79 Å². The maximum atomic E-state index is 12.8. The summed E-state index contributed by atoms with van der Waals surface area (Å²) in [5, 5.41) is 17.3. The predicted molar refractivity (Wildman–Crippen MR) is 118 cm³/mol. The van der Waals surface area contributed by atoms with E-state index in [4.69, 9.17) is 0 Å². The topological polar surface area (TPSA) is 90.4 Å². The molecule has 0 atom stereocenters. The SMILES string of the molecule is CN(C)C(=O)c1c(C(C)(C)C)ccc(Nc2nsnc2Nc2ccccc2)c1O. The fourth-order valence-electron chi connectivity index (χ4n) is 2.90. The number of para-hydroxylation sites is 1. The molecule has 0 radical (unpaired) electrons. The average molecular weight is 412 g/mol. The number of phenols is 1. The molecule has 1 aromatic heterocycles. The quantitative estimate of drug-likeness (QED) is 0.526. The molecule has 0 fully saturated rings. The molecule has 0 saturated heterocycles. The van der Waals surface area contributed by atoms with Gasteiger partial charge in [-0.25, -0.2) is 0 Å². The molecule has 3 aromatic rings. The number of benzene rings is 2. The third kappa shape index (κ3) is 4.48. The molecule has 2 aromatic carbocycles. The molecule has 0 bridgehead atoms. The standard InChI is InChI=1S/C21H25N5O2S/c1-21(2,3)14-11-12-15(17(27)16(14)20(28)26(4)5)23-19-18(24-29-25-19)22-13-9-7-6-8-10-13/h6-12,27H,1-5H3,(H,22,24)(H,23,25). The van der Waals surface area contributed by atoms with Gasteiger partial charge in [-0.15, -0.1) is 0 Å². The van der Waals surface area contributed by atoms with Crippen molar-refractivity contribution in [2.24, 2.45) is 0 Å². The van der Waals surface area contributed by atoms with Crippen molar-refractivity contribution >= 4 is 40.6 Å². The molecule has 29 heavy (non-hydrogen) atoms. The summed E-state index contributed by atoms with van der Waals surface area (Å²) in [4.78, 5) is 14.3. The second-order valence-electron chi connectivity index (χ2n) is 7.91. The molecule has 0 aliphatic carbocycles. The highest BCUT2D eigenvalue weighted by molar-refractivity contribution is 6.99. The molecular formula is C21H25N5O2S. The van der Waals surface area contributed by atoms with Crippen LogP contribution >= 0.6 is 11.7 Å². The highest BCUT2D eigenvalue weighted by Crippen LogP contribution is 2.39. The first-order chi connectivity index (χ1) is 13.7. The first-order valence-electron chi connectivity index (χ1n) is 9.18. The number of nitrogens with one attached hydrogen (secondary N) is 2. The number of amides is 1. The van der Waals surface area contributed by atoms with Gasteiger partial charge in [0, 0.05) is 19.8 Å². The lowest BCUT2D eigenvalue weighted by Crippen LogP contribution is -2.26. The molecule has 3 rings (SSSR count). The number of aromatic nitrogens is 2. The molecule has 8 heteroatoms. The Morgan fingerprint density at radius 1 is 1.00 bits per heavy atom. The average Bonchev–Trinajstić information content (AvgIpc) is 3.09. The molecule has 0 aliphatic rings. The zero-order chi connectivity index (χ0) is 21.2. The van der Waals surface area contributed by atoms with E-state index in [1.54, 1.807) is 20.2 Å². The predicted octanol–water partition coefficient (Wildman–Crippen LogP) is 4.73. The van der Waals surface area contributed by atoms with Crippen LogP contribution in [-0.2, 0) is 5.41 Å². The monoisotopic (exact) mass is 411 g/mol. The molecule has 1 heterocycles. The second kappa shape index (κ2) is 8.08. The minimum Gasteiger partial charge on any atom is -0.505 e. The van der Waals surface area contributed by atoms with E-state index >= 15 is 0 Å². The highest BCUT2D eigenvalue weighted by atomic mass is 32.1. The van der Waals surface area contributed by atoms with E-state index in [1.807, 2.05) is 57.2 Å². The van der Waals surface area contributed by atoms with Gasteiger partial charge in [-0.05, 0) is 29.2 Å². The summed E-state index contributed by atoms with van der Waals surface area (Å²) in [6, 6.07) is 13.2. The first-order valence-corrected chi connectivity index (χ1v) is 9.91. The number of carbonyl (C=O) groups excluding carboxylic acids is 1. The summed E-state index contributed by atoms with van der Waals surface area (Å²) in [5.74, 6) is 0.659. The van der Waals surface area contributed by atoms with Gasteiger partial charge in [0.1, 0.15) is 0 Å². The molecule has 7 nitrogen and oxygen atoms in total. The largest absolute Gasteiger partial charge is 0.505 e. The molecule has 0 unspecified atom stereocenters. The van der Waals surface area contributed by atoms with Crippen LogP contribution in [-0.4, -0.2) is 38.8 Å². The van der Waals surface area contributed by atoms with E-state index in [0.29, 0.717) is 17.3 Å². The van der Waals surface area contributed by atoms with Crippen molar-refractivity contribution in [3.8, 4) is 5.75 Å². The zero-order valence-electron chi connectivity index (χ0n) is 17.1. The smallest absolute Gasteiger partial charge is 0.257 e. The van der Waals surface area contributed by atoms with Crippen LogP contribution in [0.3, 0.4) is 0 Å². The van der Waals surface area contributed by atoms with E-state index in [-0.39, 0.29) is 22.6 Å². The Kier molecular flexibility index (Phi) is 5.74. The minimum absolute atomic E-state index is 0.102. The Labute approximate surface area is 174 Å². The van der Waals surface area contributed by atoms with Crippen LogP contribution in [0, 0.1) is 0 Å². The molecule has 0 saturated carbocycles. The summed E-state index contributed by atoms with van der Waals surface area (Å²) in [6.07, 6.45) is 0. The van der Waals surface area contributed by atoms with Crippen LogP contribution < -0.4 is 10.6 Å². The first kappa shape index (κ1) is 20.6. The zero-order valence-corrected chi connectivity index (χ0v) is 18.0. The Hall–Kier alpha value is -3.13. The van der Waals surface area contributed by atoms with Gasteiger partial charge in [0.05, 0.1) is 23.0 Å². The van der Waals surface area contributed by atoms with Crippen molar-refractivity contribution in [2.75, 3.05) is 24.7 Å². The van der Waals surface area contributed by atoms with Gasteiger partial charge in [0.15, 0.2) is 17.4 Å². The number of rotatable bonds is 5. The van der Waals surface area contributed by atoms with Gasteiger partial charge in [-0.2, -0.15) is 8.75 Å². The Bertz CT molecular complexity index is 1010. The van der Waals surface area contributed by atoms with Gasteiger partial charge in [0.2, 0.25) is 0 Å². The molecule has 3 N–H and O–H groups in total. The van der Waals surface area contributed by atoms with Crippen LogP contribution in [0.1, 0.15) is 36.7 Å². The number of aromatic hydroxyl groups is 1. The summed E-state index contributed by atoms with van der Waals surface area (Å²) in [7, 11) is 3.33. The fourth-order valence-corrected chi connectivity index (χ4v) is 3.36. The van der Waals surface area contributed by atoms with Crippen LogP contribution in [0.5, 0.6) is 5.75 Å². The van der Waals surface area contributed by atoms with Crippen molar-refractivity contribution in [3.63, 3.8) is 0 Å². The summed E-state index contributed by atoms with van der Waals surface area (Å²) < 4.78 is 8.56. The molecule has 1 amide bonds. The number of hydrogen-bond acceptors (Lipinski definition) is 7. The maximum Gasteiger partial charge on any atom is 0.257 e. The lowest BCUT2D eigenvalue weighted by molar-refractivity contribution is 0.0822. The fraction of sp³-hybridized carbons (Fsp3) is 0.286. The van der Waals surface area contributed by atoms with Crippen LogP contribution in [0.2, 0.25) is 0 Å². The Morgan fingerprint density at radius 2 is 1.62 bits per heavy atom. The summed E-state index contributed by atoms with van der Waals surface area (Å²) >= 11 is 1.05. The third-order valence-electron chi connectivity index (χ3n) is 4.38. The second-order valence-corrected chi connectivity index (χ2v) is 8.44. The van der Waals surface area contributed by atoms with Crippen molar-refractivity contribution < 1.29 is 9.90 Å². The van der Waals surface area contributed by atoms with Crippen LogP contribution in [0.25, 0.3) is 0 Å². The van der Waals surface area contributed by atoms with Crippen molar-refractivity contribution in [3.05, 3.63) is 53.6 Å². The number of anilines is 4. The maximum absolute atomic E-state index is 12.8.